The highest BCUT2D eigenvalue weighted by Gasteiger charge is 2.01. The maximum Gasteiger partial charge on any atom is -0.00229 e. The van der Waals surface area contributed by atoms with Gasteiger partial charge in [-0.05, 0) is 48.1 Å². The van der Waals surface area contributed by atoms with Gasteiger partial charge in [0.15, 0.2) is 0 Å². The van der Waals surface area contributed by atoms with E-state index in [1.165, 1.54) is 27.8 Å². The average molecular weight is 222 g/mol. The van der Waals surface area contributed by atoms with Gasteiger partial charge in [0.05, 0.1) is 0 Å². The fraction of sp³-hybridized carbons (Fsp3) is 0.176. The van der Waals surface area contributed by atoms with Gasteiger partial charge >= 0.3 is 0 Å². The molecule has 2 rings (SSSR count). The van der Waals surface area contributed by atoms with Gasteiger partial charge in [0.25, 0.3) is 0 Å². The molecule has 0 fully saturated rings. The van der Waals surface area contributed by atoms with Gasteiger partial charge in [-0.15, -0.1) is 0 Å². The van der Waals surface area contributed by atoms with Crippen molar-refractivity contribution in [2.24, 2.45) is 0 Å². The van der Waals surface area contributed by atoms with Gasteiger partial charge in [0, 0.05) is 0 Å². The Hall–Kier alpha value is -1.82. The van der Waals surface area contributed by atoms with Crippen LogP contribution in [0.2, 0.25) is 0 Å². The smallest absolute Gasteiger partial charge is 0.00229 e. The summed E-state index contributed by atoms with van der Waals surface area (Å²) in [4.78, 5) is 0. The van der Waals surface area contributed by atoms with Crippen LogP contribution in [0.15, 0.2) is 49.0 Å². The number of rotatable bonds is 3. The minimum Gasteiger partial charge on any atom is -0.0985 e. The number of aryl methyl sites for hydroxylation is 2. The molecule has 17 heavy (non-hydrogen) atoms. The fourth-order valence-corrected chi connectivity index (χ4v) is 2.05. The third-order valence-corrected chi connectivity index (χ3v) is 3.22. The molecule has 0 nitrogen and oxygen atoms in total. The number of hydrogen-bond acceptors (Lipinski definition) is 0. The Bertz CT molecular complexity index is 535. The van der Waals surface area contributed by atoms with E-state index in [2.05, 4.69) is 62.9 Å². The van der Waals surface area contributed by atoms with Crippen LogP contribution >= 0.6 is 0 Å². The molecule has 0 saturated carbocycles. The van der Waals surface area contributed by atoms with Gasteiger partial charge in [-0.25, -0.2) is 0 Å². The van der Waals surface area contributed by atoms with Crippen LogP contribution in [-0.4, -0.2) is 0 Å². The molecular formula is C17H18. The summed E-state index contributed by atoms with van der Waals surface area (Å²) in [6.45, 7) is 8.14. The van der Waals surface area contributed by atoms with Crippen LogP contribution in [0.25, 0.3) is 6.08 Å². The zero-order chi connectivity index (χ0) is 12.3. The molecule has 0 unspecified atom stereocenters. The first kappa shape index (κ1) is 11.7. The van der Waals surface area contributed by atoms with Crippen molar-refractivity contribution in [1.29, 1.82) is 0 Å². The quantitative estimate of drug-likeness (QED) is 0.715. The Morgan fingerprint density at radius 2 is 1.76 bits per heavy atom. The van der Waals surface area contributed by atoms with Crippen molar-refractivity contribution in [3.63, 3.8) is 0 Å². The average Bonchev–Trinajstić information content (AvgIpc) is 2.34. The van der Waals surface area contributed by atoms with Crippen LogP contribution in [0.5, 0.6) is 0 Å². The van der Waals surface area contributed by atoms with Crippen molar-refractivity contribution in [2.45, 2.75) is 20.3 Å². The van der Waals surface area contributed by atoms with E-state index in [1.54, 1.807) is 0 Å². The van der Waals surface area contributed by atoms with E-state index in [-0.39, 0.29) is 0 Å². The van der Waals surface area contributed by atoms with E-state index in [1.807, 2.05) is 6.08 Å². The molecule has 0 spiro atoms. The first-order valence-corrected chi connectivity index (χ1v) is 5.97. The Morgan fingerprint density at radius 3 is 2.47 bits per heavy atom. The minimum absolute atomic E-state index is 0.994. The highest BCUT2D eigenvalue weighted by Crippen LogP contribution is 2.17. The molecule has 86 valence electrons. The van der Waals surface area contributed by atoms with Gasteiger partial charge in [-0.3, -0.25) is 0 Å². The number of hydrogen-bond donors (Lipinski definition) is 0. The Kier molecular flexibility index (Phi) is 3.43. The lowest BCUT2D eigenvalue weighted by atomic mass is 9.97. The predicted molar refractivity (Wildman–Crippen MR) is 75.3 cm³/mol. The molecule has 0 atom stereocenters. The summed E-state index contributed by atoms with van der Waals surface area (Å²) in [6.07, 6.45) is 2.92. The van der Waals surface area contributed by atoms with Crippen molar-refractivity contribution < 1.29 is 0 Å². The summed E-state index contributed by atoms with van der Waals surface area (Å²) in [6, 6.07) is 15.2. The van der Waals surface area contributed by atoms with Crippen molar-refractivity contribution >= 4 is 6.08 Å². The lowest BCUT2D eigenvalue weighted by Crippen LogP contribution is -1.93. The fourth-order valence-electron chi connectivity index (χ4n) is 2.05. The molecule has 2 aromatic carbocycles. The Labute approximate surface area is 104 Å². The zero-order valence-electron chi connectivity index (χ0n) is 10.5. The highest BCUT2D eigenvalue weighted by molar-refractivity contribution is 5.53. The second-order valence-corrected chi connectivity index (χ2v) is 4.50. The van der Waals surface area contributed by atoms with E-state index < -0.39 is 0 Å². The third-order valence-electron chi connectivity index (χ3n) is 3.22. The summed E-state index contributed by atoms with van der Waals surface area (Å²) in [5.41, 5.74) is 6.61. The van der Waals surface area contributed by atoms with E-state index in [4.69, 9.17) is 0 Å². The maximum absolute atomic E-state index is 3.86. The second-order valence-electron chi connectivity index (χ2n) is 4.50. The van der Waals surface area contributed by atoms with E-state index >= 15 is 0 Å². The zero-order valence-corrected chi connectivity index (χ0v) is 10.5. The first-order chi connectivity index (χ1) is 8.20. The molecule has 2 aromatic rings. The molecule has 0 heterocycles. The highest BCUT2D eigenvalue weighted by atomic mass is 14.1. The number of benzene rings is 2. The summed E-state index contributed by atoms with van der Waals surface area (Å²) in [7, 11) is 0. The van der Waals surface area contributed by atoms with Crippen LogP contribution in [0, 0.1) is 13.8 Å². The Balaban J connectivity index is 2.31. The van der Waals surface area contributed by atoms with Crippen molar-refractivity contribution in [1.82, 2.24) is 0 Å². The van der Waals surface area contributed by atoms with Gasteiger partial charge in [0.2, 0.25) is 0 Å². The van der Waals surface area contributed by atoms with Crippen LogP contribution in [0.1, 0.15) is 27.8 Å². The molecule has 0 bridgehead atoms. The summed E-state index contributed by atoms with van der Waals surface area (Å²) >= 11 is 0. The third kappa shape index (κ3) is 2.65. The van der Waals surface area contributed by atoms with Crippen LogP contribution in [0.4, 0.5) is 0 Å². The summed E-state index contributed by atoms with van der Waals surface area (Å²) in [5, 5.41) is 0. The molecule has 0 saturated heterocycles. The maximum atomic E-state index is 3.86. The predicted octanol–water partition coefficient (Wildman–Crippen LogP) is 4.54. The largest absolute Gasteiger partial charge is 0.0985 e. The van der Waals surface area contributed by atoms with E-state index in [0.717, 1.165) is 6.42 Å². The lowest BCUT2D eigenvalue weighted by molar-refractivity contribution is 1.15. The summed E-state index contributed by atoms with van der Waals surface area (Å²) < 4.78 is 0. The normalized spacial score (nSPS) is 10.2. The molecule has 0 aromatic heterocycles. The van der Waals surface area contributed by atoms with Gasteiger partial charge < -0.3 is 0 Å². The second kappa shape index (κ2) is 5.01. The molecule has 0 heteroatoms. The molecule has 0 amide bonds. The van der Waals surface area contributed by atoms with E-state index in [9.17, 15) is 0 Å². The van der Waals surface area contributed by atoms with Gasteiger partial charge in [-0.2, -0.15) is 0 Å². The van der Waals surface area contributed by atoms with Crippen LogP contribution < -0.4 is 0 Å². The van der Waals surface area contributed by atoms with Crippen molar-refractivity contribution in [3.8, 4) is 0 Å². The molecule has 0 aliphatic carbocycles. The van der Waals surface area contributed by atoms with Crippen molar-refractivity contribution in [3.05, 3.63) is 76.9 Å². The van der Waals surface area contributed by atoms with Crippen LogP contribution in [-0.2, 0) is 6.42 Å². The van der Waals surface area contributed by atoms with E-state index in [0.29, 0.717) is 0 Å². The SMILES string of the molecule is C=Cc1cc(Cc2ccccc2C)ccc1C. The van der Waals surface area contributed by atoms with Crippen molar-refractivity contribution in [2.75, 3.05) is 0 Å². The van der Waals surface area contributed by atoms with Crippen LogP contribution in [0.3, 0.4) is 0 Å². The lowest BCUT2D eigenvalue weighted by Gasteiger charge is -2.08. The Morgan fingerprint density at radius 1 is 1.00 bits per heavy atom. The summed E-state index contributed by atoms with van der Waals surface area (Å²) in [5.74, 6) is 0. The monoisotopic (exact) mass is 222 g/mol. The molecule has 0 aliphatic rings. The topological polar surface area (TPSA) is 0 Å². The van der Waals surface area contributed by atoms with Gasteiger partial charge in [0.1, 0.15) is 0 Å². The molecule has 0 radical (unpaired) electrons. The standard InChI is InChI=1S/C17H18/c1-4-16-11-15(10-9-14(16)3)12-17-8-6-5-7-13(17)2/h4-11H,1,12H2,2-3H3. The molecule has 0 N–H and O–H groups in total. The minimum atomic E-state index is 0.994. The first-order valence-electron chi connectivity index (χ1n) is 5.97. The van der Waals surface area contributed by atoms with Gasteiger partial charge in [-0.1, -0.05) is 55.1 Å². The molecule has 0 aliphatic heterocycles. The molecular weight excluding hydrogens is 204 g/mol.